The van der Waals surface area contributed by atoms with Crippen LogP contribution in [0.1, 0.15) is 32.8 Å². The van der Waals surface area contributed by atoms with Crippen molar-refractivity contribution < 1.29 is 22.7 Å². The SMILES string of the molecule is CCN(CCCNC(=O)C=Cc1ccc(OC(C)C)c(OC)c1)S(C)(=O)=O. The second-order valence-corrected chi connectivity index (χ2v) is 8.29. The van der Waals surface area contributed by atoms with E-state index in [4.69, 9.17) is 9.47 Å². The van der Waals surface area contributed by atoms with Gasteiger partial charge in [0.25, 0.3) is 0 Å². The number of carbonyl (C=O) groups is 1. The summed E-state index contributed by atoms with van der Waals surface area (Å²) in [5.41, 5.74) is 0.812. The molecule has 1 N–H and O–H groups in total. The second-order valence-electron chi connectivity index (χ2n) is 6.31. The van der Waals surface area contributed by atoms with Gasteiger partial charge in [0.15, 0.2) is 11.5 Å². The molecule has 1 amide bonds. The first-order chi connectivity index (χ1) is 12.7. The van der Waals surface area contributed by atoms with E-state index in [9.17, 15) is 13.2 Å². The van der Waals surface area contributed by atoms with Crippen LogP contribution in [-0.4, -0.2) is 57.7 Å². The molecule has 0 radical (unpaired) electrons. The van der Waals surface area contributed by atoms with Crippen molar-refractivity contribution in [2.45, 2.75) is 33.3 Å². The van der Waals surface area contributed by atoms with E-state index in [2.05, 4.69) is 5.32 Å². The quantitative estimate of drug-likeness (QED) is 0.457. The van der Waals surface area contributed by atoms with E-state index in [1.807, 2.05) is 19.9 Å². The van der Waals surface area contributed by atoms with E-state index < -0.39 is 10.0 Å². The fourth-order valence-electron chi connectivity index (χ4n) is 2.40. The Labute approximate surface area is 162 Å². The standard InChI is InChI=1S/C19H30N2O5S/c1-6-21(27(5,23)24)13-7-12-20-19(22)11-9-16-8-10-17(26-15(2)3)18(14-16)25-4/h8-11,14-15H,6-7,12-13H2,1-5H3,(H,20,22). The molecule has 1 aromatic carbocycles. The van der Waals surface area contributed by atoms with Crippen molar-refractivity contribution in [1.82, 2.24) is 9.62 Å². The van der Waals surface area contributed by atoms with Crippen LogP contribution < -0.4 is 14.8 Å². The summed E-state index contributed by atoms with van der Waals surface area (Å²) in [6.45, 7) is 6.87. The maximum Gasteiger partial charge on any atom is 0.243 e. The average Bonchev–Trinajstić information content (AvgIpc) is 2.59. The van der Waals surface area contributed by atoms with Crippen molar-refractivity contribution in [3.05, 3.63) is 29.8 Å². The van der Waals surface area contributed by atoms with Gasteiger partial charge in [-0.15, -0.1) is 0 Å². The van der Waals surface area contributed by atoms with Gasteiger partial charge in [-0.25, -0.2) is 12.7 Å². The molecule has 1 rings (SSSR count). The lowest BCUT2D eigenvalue weighted by molar-refractivity contribution is -0.116. The van der Waals surface area contributed by atoms with E-state index in [0.717, 1.165) is 5.56 Å². The Morgan fingerprint density at radius 1 is 1.30 bits per heavy atom. The molecular formula is C19H30N2O5S. The molecule has 1 aromatic rings. The highest BCUT2D eigenvalue weighted by Crippen LogP contribution is 2.29. The summed E-state index contributed by atoms with van der Waals surface area (Å²) in [7, 11) is -1.63. The lowest BCUT2D eigenvalue weighted by Gasteiger charge is -2.17. The summed E-state index contributed by atoms with van der Waals surface area (Å²) in [6.07, 6.45) is 4.90. The highest BCUT2D eigenvalue weighted by Gasteiger charge is 2.13. The Morgan fingerprint density at radius 3 is 2.56 bits per heavy atom. The maximum atomic E-state index is 11.9. The predicted molar refractivity (Wildman–Crippen MR) is 108 cm³/mol. The molecule has 0 saturated heterocycles. The van der Waals surface area contributed by atoms with Crippen LogP contribution in [0.15, 0.2) is 24.3 Å². The van der Waals surface area contributed by atoms with E-state index in [0.29, 0.717) is 37.6 Å². The molecule has 7 nitrogen and oxygen atoms in total. The van der Waals surface area contributed by atoms with Crippen molar-refractivity contribution >= 4 is 22.0 Å². The zero-order valence-electron chi connectivity index (χ0n) is 16.7. The number of ether oxygens (including phenoxy) is 2. The van der Waals surface area contributed by atoms with Gasteiger partial charge in [0, 0.05) is 25.7 Å². The van der Waals surface area contributed by atoms with Gasteiger partial charge in [-0.05, 0) is 44.0 Å². The molecule has 0 aliphatic heterocycles. The molecule has 0 atom stereocenters. The summed E-state index contributed by atoms with van der Waals surface area (Å²) >= 11 is 0. The molecule has 8 heteroatoms. The van der Waals surface area contributed by atoms with E-state index >= 15 is 0 Å². The lowest BCUT2D eigenvalue weighted by atomic mass is 10.2. The zero-order chi connectivity index (χ0) is 20.4. The summed E-state index contributed by atoms with van der Waals surface area (Å²) in [5.74, 6) is 1.02. The first-order valence-electron chi connectivity index (χ1n) is 8.93. The van der Waals surface area contributed by atoms with Crippen molar-refractivity contribution in [3.8, 4) is 11.5 Å². The van der Waals surface area contributed by atoms with Crippen LogP contribution in [0, 0.1) is 0 Å². The number of sulfonamides is 1. The average molecular weight is 399 g/mol. The Bertz CT molecular complexity index is 744. The molecule has 0 spiro atoms. The number of methoxy groups -OCH3 is 1. The van der Waals surface area contributed by atoms with Gasteiger partial charge >= 0.3 is 0 Å². The molecule has 152 valence electrons. The minimum atomic E-state index is -3.20. The molecular weight excluding hydrogens is 368 g/mol. The second kappa shape index (κ2) is 10.9. The largest absolute Gasteiger partial charge is 0.493 e. The van der Waals surface area contributed by atoms with Crippen LogP contribution in [0.5, 0.6) is 11.5 Å². The first kappa shape index (κ1) is 23.0. The number of carbonyl (C=O) groups excluding carboxylic acids is 1. The van der Waals surface area contributed by atoms with Crippen molar-refractivity contribution in [2.24, 2.45) is 0 Å². The molecule has 0 unspecified atom stereocenters. The number of hydrogen-bond acceptors (Lipinski definition) is 5. The minimum absolute atomic E-state index is 0.0393. The fraction of sp³-hybridized carbons (Fsp3) is 0.526. The van der Waals surface area contributed by atoms with Gasteiger partial charge in [0.05, 0.1) is 19.5 Å². The third-order valence-electron chi connectivity index (χ3n) is 3.68. The van der Waals surface area contributed by atoms with Crippen molar-refractivity contribution in [1.29, 1.82) is 0 Å². The molecule has 0 aliphatic rings. The Hall–Kier alpha value is -2.06. The third kappa shape index (κ3) is 8.45. The Balaban J connectivity index is 2.53. The van der Waals surface area contributed by atoms with Crippen LogP contribution >= 0.6 is 0 Å². The monoisotopic (exact) mass is 398 g/mol. The zero-order valence-corrected chi connectivity index (χ0v) is 17.5. The van der Waals surface area contributed by atoms with Crippen molar-refractivity contribution in [2.75, 3.05) is 33.0 Å². The third-order valence-corrected chi connectivity index (χ3v) is 5.06. The van der Waals surface area contributed by atoms with Gasteiger partial charge in [-0.1, -0.05) is 13.0 Å². The van der Waals surface area contributed by atoms with Crippen molar-refractivity contribution in [3.63, 3.8) is 0 Å². The summed E-state index contributed by atoms with van der Waals surface area (Å²) in [4.78, 5) is 11.9. The van der Waals surface area contributed by atoms with Crippen LogP contribution in [0.3, 0.4) is 0 Å². The minimum Gasteiger partial charge on any atom is -0.493 e. The van der Waals surface area contributed by atoms with E-state index in [-0.39, 0.29) is 12.0 Å². The highest BCUT2D eigenvalue weighted by atomic mass is 32.2. The molecule has 0 saturated carbocycles. The van der Waals surface area contributed by atoms with Crippen LogP contribution in [-0.2, 0) is 14.8 Å². The number of amides is 1. The Kier molecular flexibility index (Phi) is 9.31. The van der Waals surface area contributed by atoms with Crippen LogP contribution in [0.25, 0.3) is 6.08 Å². The first-order valence-corrected chi connectivity index (χ1v) is 10.8. The lowest BCUT2D eigenvalue weighted by Crippen LogP contribution is -2.33. The van der Waals surface area contributed by atoms with Gasteiger partial charge in [0.1, 0.15) is 0 Å². The highest BCUT2D eigenvalue weighted by molar-refractivity contribution is 7.88. The van der Waals surface area contributed by atoms with Gasteiger partial charge in [-0.2, -0.15) is 0 Å². The van der Waals surface area contributed by atoms with E-state index in [1.165, 1.54) is 16.6 Å². The summed E-state index contributed by atoms with van der Waals surface area (Å²) in [5, 5.41) is 2.75. The number of benzene rings is 1. The molecule has 27 heavy (non-hydrogen) atoms. The number of rotatable bonds is 11. The molecule has 0 heterocycles. The fourth-order valence-corrected chi connectivity index (χ4v) is 3.33. The smallest absolute Gasteiger partial charge is 0.243 e. The number of nitrogens with zero attached hydrogens (tertiary/aromatic N) is 1. The molecule has 0 bridgehead atoms. The molecule has 0 fully saturated rings. The number of nitrogens with one attached hydrogen (secondary N) is 1. The normalized spacial score (nSPS) is 12.0. The van der Waals surface area contributed by atoms with Gasteiger partial charge in [-0.3, -0.25) is 4.79 Å². The van der Waals surface area contributed by atoms with Crippen LogP contribution in [0.4, 0.5) is 0 Å². The summed E-state index contributed by atoms with van der Waals surface area (Å²) in [6, 6.07) is 5.45. The van der Waals surface area contributed by atoms with Gasteiger partial charge in [0.2, 0.25) is 15.9 Å². The predicted octanol–water partition coefficient (Wildman–Crippen LogP) is 2.28. The van der Waals surface area contributed by atoms with Gasteiger partial charge < -0.3 is 14.8 Å². The number of hydrogen-bond donors (Lipinski definition) is 1. The topological polar surface area (TPSA) is 84.9 Å². The molecule has 0 aliphatic carbocycles. The maximum absolute atomic E-state index is 11.9. The van der Waals surface area contributed by atoms with Crippen LogP contribution in [0.2, 0.25) is 0 Å². The molecule has 0 aromatic heterocycles. The summed E-state index contributed by atoms with van der Waals surface area (Å²) < 4.78 is 35.3. The van der Waals surface area contributed by atoms with E-state index in [1.54, 1.807) is 32.2 Å². The Morgan fingerprint density at radius 2 is 2.00 bits per heavy atom.